The van der Waals surface area contributed by atoms with Gasteiger partial charge in [-0.2, -0.15) is 0 Å². The number of rotatable bonds is 2. The number of anilines is 1. The topological polar surface area (TPSA) is 53.1 Å². The first-order valence-corrected chi connectivity index (χ1v) is 6.76. The summed E-state index contributed by atoms with van der Waals surface area (Å²) in [6, 6.07) is 6.04. The molecule has 1 fully saturated rings. The first-order chi connectivity index (χ1) is 8.08. The summed E-state index contributed by atoms with van der Waals surface area (Å²) in [5.74, 6) is 0.866. The standard InChI is InChI=1S/C13H18BrN3/c1-9-3-2-6-17(8-9)10-4-5-11(13(15)16)12(14)7-10/h4-5,7,9H,2-3,6,8H2,1H3,(H3,15,16). The van der Waals surface area contributed by atoms with Gasteiger partial charge in [-0.15, -0.1) is 0 Å². The van der Waals surface area contributed by atoms with Gasteiger partial charge < -0.3 is 10.6 Å². The fourth-order valence-electron chi connectivity index (χ4n) is 2.34. The van der Waals surface area contributed by atoms with Crippen LogP contribution in [0.25, 0.3) is 0 Å². The molecule has 0 spiro atoms. The number of halogens is 1. The molecule has 2 rings (SSSR count). The van der Waals surface area contributed by atoms with Crippen LogP contribution in [-0.2, 0) is 0 Å². The van der Waals surface area contributed by atoms with Crippen LogP contribution in [0.3, 0.4) is 0 Å². The Bertz CT molecular complexity index is 431. The summed E-state index contributed by atoms with van der Waals surface area (Å²) < 4.78 is 0.903. The lowest BCUT2D eigenvalue weighted by Crippen LogP contribution is -2.34. The molecule has 0 amide bonds. The lowest BCUT2D eigenvalue weighted by Gasteiger charge is -2.33. The van der Waals surface area contributed by atoms with Crippen molar-refractivity contribution in [3.63, 3.8) is 0 Å². The van der Waals surface area contributed by atoms with Crippen molar-refractivity contribution in [3.05, 3.63) is 28.2 Å². The highest BCUT2D eigenvalue weighted by Gasteiger charge is 2.17. The van der Waals surface area contributed by atoms with Gasteiger partial charge in [-0.3, -0.25) is 5.41 Å². The maximum Gasteiger partial charge on any atom is 0.123 e. The number of hydrogen-bond donors (Lipinski definition) is 2. The van der Waals surface area contributed by atoms with E-state index in [9.17, 15) is 0 Å². The third kappa shape index (κ3) is 2.80. The second-order valence-corrected chi connectivity index (χ2v) is 5.63. The van der Waals surface area contributed by atoms with Gasteiger partial charge >= 0.3 is 0 Å². The van der Waals surface area contributed by atoms with Crippen LogP contribution in [0.15, 0.2) is 22.7 Å². The molecule has 1 atom stereocenters. The summed E-state index contributed by atoms with van der Waals surface area (Å²) in [6.45, 7) is 4.53. The number of amidine groups is 1. The molecule has 0 aromatic heterocycles. The number of nitrogens with two attached hydrogens (primary N) is 1. The minimum atomic E-state index is 0.107. The van der Waals surface area contributed by atoms with Gasteiger partial charge in [0.05, 0.1) is 0 Å². The fourth-order valence-corrected chi connectivity index (χ4v) is 2.92. The van der Waals surface area contributed by atoms with Gasteiger partial charge in [0.25, 0.3) is 0 Å². The van der Waals surface area contributed by atoms with Crippen LogP contribution in [0.2, 0.25) is 0 Å². The SMILES string of the molecule is CC1CCCN(c2ccc(C(=N)N)c(Br)c2)C1. The van der Waals surface area contributed by atoms with Crippen LogP contribution < -0.4 is 10.6 Å². The van der Waals surface area contributed by atoms with Crippen molar-refractivity contribution in [1.29, 1.82) is 5.41 Å². The number of nitrogens with one attached hydrogen (secondary N) is 1. The summed E-state index contributed by atoms with van der Waals surface area (Å²) in [4.78, 5) is 2.41. The average molecular weight is 296 g/mol. The zero-order valence-corrected chi connectivity index (χ0v) is 11.6. The van der Waals surface area contributed by atoms with Crippen molar-refractivity contribution in [2.45, 2.75) is 19.8 Å². The van der Waals surface area contributed by atoms with Gasteiger partial charge in [-0.05, 0) is 52.9 Å². The zero-order chi connectivity index (χ0) is 12.4. The van der Waals surface area contributed by atoms with Crippen LogP contribution >= 0.6 is 15.9 Å². The van der Waals surface area contributed by atoms with Gasteiger partial charge in [0.1, 0.15) is 5.84 Å². The Morgan fingerprint density at radius 3 is 2.88 bits per heavy atom. The highest BCUT2D eigenvalue weighted by atomic mass is 79.9. The van der Waals surface area contributed by atoms with Gasteiger partial charge in [0.15, 0.2) is 0 Å². The predicted octanol–water partition coefficient (Wildman–Crippen LogP) is 2.97. The summed E-state index contributed by atoms with van der Waals surface area (Å²) in [6.07, 6.45) is 2.58. The van der Waals surface area contributed by atoms with Crippen LogP contribution in [-0.4, -0.2) is 18.9 Å². The van der Waals surface area contributed by atoms with E-state index in [-0.39, 0.29) is 5.84 Å². The van der Waals surface area contributed by atoms with Gasteiger partial charge in [0.2, 0.25) is 0 Å². The molecule has 1 heterocycles. The monoisotopic (exact) mass is 295 g/mol. The molecule has 1 aliphatic rings. The normalized spacial score (nSPS) is 20.4. The van der Waals surface area contributed by atoms with Gasteiger partial charge in [-0.25, -0.2) is 0 Å². The van der Waals surface area contributed by atoms with E-state index in [1.54, 1.807) is 0 Å². The number of benzene rings is 1. The Balaban J connectivity index is 2.22. The molecule has 0 radical (unpaired) electrons. The molecular weight excluding hydrogens is 278 g/mol. The van der Waals surface area contributed by atoms with Crippen molar-refractivity contribution < 1.29 is 0 Å². The first kappa shape index (κ1) is 12.4. The van der Waals surface area contributed by atoms with Crippen LogP contribution in [0.5, 0.6) is 0 Å². The maximum atomic E-state index is 7.46. The zero-order valence-electron chi connectivity index (χ0n) is 10.0. The lowest BCUT2D eigenvalue weighted by atomic mass is 9.99. The van der Waals surface area contributed by atoms with E-state index >= 15 is 0 Å². The average Bonchev–Trinajstić information content (AvgIpc) is 2.28. The molecule has 1 aliphatic heterocycles. The molecule has 1 aromatic rings. The van der Waals surface area contributed by atoms with E-state index in [0.29, 0.717) is 0 Å². The smallest absolute Gasteiger partial charge is 0.123 e. The summed E-state index contributed by atoms with van der Waals surface area (Å²) in [5, 5.41) is 7.46. The molecule has 1 saturated heterocycles. The van der Waals surface area contributed by atoms with Crippen molar-refractivity contribution in [1.82, 2.24) is 0 Å². The number of nitrogens with zero attached hydrogens (tertiary/aromatic N) is 1. The number of piperidine rings is 1. The Morgan fingerprint density at radius 1 is 1.53 bits per heavy atom. The second-order valence-electron chi connectivity index (χ2n) is 4.77. The number of hydrogen-bond acceptors (Lipinski definition) is 2. The second kappa shape index (κ2) is 5.08. The molecule has 1 aromatic carbocycles. The highest BCUT2D eigenvalue weighted by Crippen LogP contribution is 2.27. The largest absolute Gasteiger partial charge is 0.384 e. The minimum absolute atomic E-state index is 0.107. The van der Waals surface area contributed by atoms with E-state index in [1.165, 1.54) is 18.5 Å². The Labute approximate surface area is 111 Å². The number of nitrogen functional groups attached to an aromatic ring is 1. The first-order valence-electron chi connectivity index (χ1n) is 5.97. The van der Waals surface area contributed by atoms with E-state index in [0.717, 1.165) is 29.0 Å². The molecule has 0 saturated carbocycles. The van der Waals surface area contributed by atoms with Gasteiger partial charge in [-0.1, -0.05) is 6.92 Å². The predicted molar refractivity (Wildman–Crippen MR) is 75.8 cm³/mol. The van der Waals surface area contributed by atoms with E-state index in [2.05, 4.69) is 39.9 Å². The molecule has 1 unspecified atom stereocenters. The Morgan fingerprint density at radius 2 is 2.29 bits per heavy atom. The Kier molecular flexibility index (Phi) is 3.72. The van der Waals surface area contributed by atoms with E-state index in [4.69, 9.17) is 11.1 Å². The minimum Gasteiger partial charge on any atom is -0.384 e. The Hall–Kier alpha value is -1.03. The molecule has 92 valence electrons. The molecule has 4 heteroatoms. The fraction of sp³-hybridized carbons (Fsp3) is 0.462. The summed E-state index contributed by atoms with van der Waals surface area (Å²) in [7, 11) is 0. The molecule has 0 bridgehead atoms. The van der Waals surface area contributed by atoms with Gasteiger partial charge in [0, 0.05) is 28.8 Å². The maximum absolute atomic E-state index is 7.46. The van der Waals surface area contributed by atoms with Crippen LogP contribution in [0.1, 0.15) is 25.3 Å². The molecule has 17 heavy (non-hydrogen) atoms. The van der Waals surface area contributed by atoms with Crippen molar-refractivity contribution in [2.24, 2.45) is 11.7 Å². The molecule has 3 nitrogen and oxygen atoms in total. The van der Waals surface area contributed by atoms with Crippen molar-refractivity contribution >= 4 is 27.5 Å². The third-order valence-corrected chi connectivity index (χ3v) is 3.92. The summed E-state index contributed by atoms with van der Waals surface area (Å²) >= 11 is 3.48. The molecule has 0 aliphatic carbocycles. The van der Waals surface area contributed by atoms with Crippen LogP contribution in [0, 0.1) is 11.3 Å². The van der Waals surface area contributed by atoms with E-state index in [1.807, 2.05) is 6.07 Å². The van der Waals surface area contributed by atoms with Crippen molar-refractivity contribution in [2.75, 3.05) is 18.0 Å². The van der Waals surface area contributed by atoms with Crippen LogP contribution in [0.4, 0.5) is 5.69 Å². The molecule has 3 N–H and O–H groups in total. The highest BCUT2D eigenvalue weighted by molar-refractivity contribution is 9.10. The molecular formula is C13H18BrN3. The van der Waals surface area contributed by atoms with E-state index < -0.39 is 0 Å². The quantitative estimate of drug-likeness (QED) is 0.651. The third-order valence-electron chi connectivity index (χ3n) is 3.27. The van der Waals surface area contributed by atoms with Crippen molar-refractivity contribution in [3.8, 4) is 0 Å². The summed E-state index contributed by atoms with van der Waals surface area (Å²) in [5.41, 5.74) is 7.48. The lowest BCUT2D eigenvalue weighted by molar-refractivity contribution is 0.447.